The van der Waals surface area contributed by atoms with Crippen LogP contribution in [0.4, 0.5) is 0 Å². The maximum Gasteiger partial charge on any atom is 0.116 e. The van der Waals surface area contributed by atoms with Crippen molar-refractivity contribution >= 4 is 70.1 Å². The zero-order valence-electron chi connectivity index (χ0n) is 39.1. The molecule has 0 fully saturated rings. The molecule has 0 aromatic heterocycles. The fraction of sp³-hybridized carbons (Fsp3) is 0.0312. The summed E-state index contributed by atoms with van der Waals surface area (Å²) >= 11 is 1.06. The number of carbonyl (C=O) groups excluding carboxylic acids is 2. The molecule has 71 heavy (non-hydrogen) atoms. The lowest BCUT2D eigenvalue weighted by atomic mass is 10.2. The molecular formula is C64H52O4P2S. The van der Waals surface area contributed by atoms with E-state index in [0.717, 1.165) is 24.1 Å². The normalized spacial score (nSPS) is 10.9. The Morgan fingerprint density at radius 2 is 0.479 bits per heavy atom. The maximum absolute atomic E-state index is 11.0. The fourth-order valence-electron chi connectivity index (χ4n) is 8.82. The van der Waals surface area contributed by atoms with Crippen molar-refractivity contribution in [3.63, 3.8) is 0 Å². The summed E-state index contributed by atoms with van der Waals surface area (Å²) < 4.78 is 0. The van der Waals surface area contributed by atoms with E-state index in [0.29, 0.717) is 9.79 Å². The number of hydrogen-bond donors (Lipinski definition) is 0. The molecule has 10 aromatic carbocycles. The Morgan fingerprint density at radius 3 is 0.704 bits per heavy atom. The molecule has 10 aromatic rings. The Labute approximate surface area is 423 Å². The number of rotatable bonds is 14. The summed E-state index contributed by atoms with van der Waals surface area (Å²) in [4.78, 5) is 22.8. The number of aromatic carboxylic acids is 2. The van der Waals surface area contributed by atoms with E-state index in [2.05, 4.69) is 243 Å². The highest BCUT2D eigenvalue weighted by atomic mass is 32.2. The first-order valence-electron chi connectivity index (χ1n) is 23.3. The molecule has 0 spiro atoms. The van der Waals surface area contributed by atoms with E-state index in [-0.39, 0.29) is 11.1 Å². The van der Waals surface area contributed by atoms with Crippen LogP contribution >= 0.6 is 26.3 Å². The van der Waals surface area contributed by atoms with E-state index in [1.54, 1.807) is 36.4 Å². The smallest absolute Gasteiger partial charge is 0.116 e. The lowest BCUT2D eigenvalue weighted by Crippen LogP contribution is -2.32. The Morgan fingerprint density at radius 1 is 0.282 bits per heavy atom. The quantitative estimate of drug-likeness (QED) is 0.101. The van der Waals surface area contributed by atoms with E-state index in [1.807, 2.05) is 0 Å². The van der Waals surface area contributed by atoms with Gasteiger partial charge in [0.1, 0.15) is 46.4 Å². The topological polar surface area (TPSA) is 80.3 Å². The molecule has 0 radical (unpaired) electrons. The van der Waals surface area contributed by atoms with Gasteiger partial charge in [-0.15, -0.1) is 0 Å². The van der Waals surface area contributed by atoms with Crippen molar-refractivity contribution in [2.75, 3.05) is 0 Å². The van der Waals surface area contributed by atoms with Gasteiger partial charge in [0, 0.05) is 20.9 Å². The van der Waals surface area contributed by atoms with E-state index < -0.39 is 26.5 Å². The number of carboxylic acids is 2. The zero-order chi connectivity index (χ0) is 49.1. The van der Waals surface area contributed by atoms with Crippen LogP contribution in [0.5, 0.6) is 0 Å². The maximum atomic E-state index is 11.0. The standard InChI is InChI=1S/2C25H22P.C14H10O4S/c2*1-5-13-22(14-6-1)21-26(23-15-7-2-8-16-23,24-17-9-3-10-18-24)25-19-11-4-12-20-25;15-13(16)9-5-1-3-7-11(9)19-12-8-4-2-6-10(12)14(17)18/h2*1-20H,21H2;1-8H,(H,15,16)(H,17,18)/q2*+1;/p-2. The van der Waals surface area contributed by atoms with Gasteiger partial charge < -0.3 is 19.8 Å². The summed E-state index contributed by atoms with van der Waals surface area (Å²) in [5, 5.41) is 30.5. The minimum atomic E-state index is -1.78. The van der Waals surface area contributed by atoms with Crippen molar-refractivity contribution < 1.29 is 19.8 Å². The van der Waals surface area contributed by atoms with Gasteiger partial charge in [-0.2, -0.15) is 0 Å². The van der Waals surface area contributed by atoms with Crippen molar-refractivity contribution in [2.45, 2.75) is 22.1 Å². The van der Waals surface area contributed by atoms with Crippen molar-refractivity contribution in [1.29, 1.82) is 0 Å². The first-order chi connectivity index (χ1) is 34.9. The number of carboxylic acid groups (broad SMARTS) is 2. The molecule has 0 aliphatic heterocycles. The number of carbonyl (C=O) groups is 2. The molecule has 0 N–H and O–H groups in total. The molecule has 348 valence electrons. The van der Waals surface area contributed by atoms with Crippen LogP contribution in [0.3, 0.4) is 0 Å². The molecule has 0 bridgehead atoms. The van der Waals surface area contributed by atoms with E-state index in [4.69, 9.17) is 0 Å². The van der Waals surface area contributed by atoms with Crippen molar-refractivity contribution in [3.05, 3.63) is 313 Å². The van der Waals surface area contributed by atoms with Gasteiger partial charge in [-0.1, -0.05) is 218 Å². The summed E-state index contributed by atoms with van der Waals surface area (Å²) in [5.74, 6) is -2.59. The Bertz CT molecular complexity index is 2790. The number of hydrogen-bond acceptors (Lipinski definition) is 5. The van der Waals surface area contributed by atoms with Crippen molar-refractivity contribution in [2.24, 2.45) is 0 Å². The second-order valence-corrected chi connectivity index (χ2v) is 24.6. The average molecular weight is 979 g/mol. The van der Waals surface area contributed by atoms with Crippen molar-refractivity contribution in [1.82, 2.24) is 0 Å². The molecule has 10 rings (SSSR count). The van der Waals surface area contributed by atoms with Gasteiger partial charge in [-0.05, 0) is 96.1 Å². The fourth-order valence-corrected chi connectivity index (χ4v) is 18.4. The summed E-state index contributed by atoms with van der Waals surface area (Å²) in [6, 6.07) is 101. The highest BCUT2D eigenvalue weighted by Crippen LogP contribution is 2.59. The Kier molecular flexibility index (Phi) is 17.4. The van der Waals surface area contributed by atoms with Crippen LogP contribution < -0.4 is 42.0 Å². The van der Waals surface area contributed by atoms with Crippen LogP contribution in [-0.4, -0.2) is 11.9 Å². The van der Waals surface area contributed by atoms with Crippen LogP contribution in [0.2, 0.25) is 0 Å². The molecule has 0 unspecified atom stereocenters. The molecule has 7 heteroatoms. The predicted molar refractivity (Wildman–Crippen MR) is 296 cm³/mol. The van der Waals surface area contributed by atoms with Crippen molar-refractivity contribution in [3.8, 4) is 0 Å². The third kappa shape index (κ3) is 12.2. The summed E-state index contributed by atoms with van der Waals surface area (Å²) in [6.45, 7) is 0. The average Bonchev–Trinajstić information content (AvgIpc) is 3.44. The molecule has 0 atom stereocenters. The van der Waals surface area contributed by atoms with Gasteiger partial charge in [-0.3, -0.25) is 0 Å². The lowest BCUT2D eigenvalue weighted by Gasteiger charge is -2.27. The molecule has 0 saturated carbocycles. The van der Waals surface area contributed by atoms with Gasteiger partial charge in [0.25, 0.3) is 0 Å². The predicted octanol–water partition coefficient (Wildman–Crippen LogP) is 10.9. The molecule has 0 amide bonds. The summed E-state index contributed by atoms with van der Waals surface area (Å²) in [5.41, 5.74) is 2.83. The van der Waals surface area contributed by atoms with Gasteiger partial charge in [-0.25, -0.2) is 0 Å². The highest BCUT2D eigenvalue weighted by Gasteiger charge is 2.46. The van der Waals surface area contributed by atoms with Gasteiger partial charge in [0.2, 0.25) is 0 Å². The first kappa shape index (κ1) is 49.8. The van der Waals surface area contributed by atoms with E-state index in [9.17, 15) is 19.8 Å². The minimum Gasteiger partial charge on any atom is -0.545 e. The molecule has 0 aliphatic rings. The Balaban J connectivity index is 0.000000145. The first-order valence-corrected chi connectivity index (χ1v) is 28.1. The monoisotopic (exact) mass is 978 g/mol. The summed E-state index contributed by atoms with van der Waals surface area (Å²) in [7, 11) is -3.55. The van der Waals surface area contributed by atoms with E-state index in [1.165, 1.54) is 55.1 Å². The summed E-state index contributed by atoms with van der Waals surface area (Å²) in [6.07, 6.45) is 2.07. The molecule has 0 aliphatic carbocycles. The largest absolute Gasteiger partial charge is 0.545 e. The van der Waals surface area contributed by atoms with Gasteiger partial charge in [0.05, 0.1) is 24.3 Å². The second kappa shape index (κ2) is 24.8. The molecule has 4 nitrogen and oxygen atoms in total. The molecule has 0 saturated heterocycles. The molecule has 0 heterocycles. The van der Waals surface area contributed by atoms with Gasteiger partial charge in [0.15, 0.2) is 0 Å². The van der Waals surface area contributed by atoms with Crippen LogP contribution in [0, 0.1) is 0 Å². The third-order valence-corrected chi connectivity index (χ3v) is 22.0. The van der Waals surface area contributed by atoms with Gasteiger partial charge >= 0.3 is 0 Å². The van der Waals surface area contributed by atoms with E-state index >= 15 is 0 Å². The van der Waals surface area contributed by atoms with Crippen LogP contribution in [-0.2, 0) is 12.3 Å². The zero-order valence-corrected chi connectivity index (χ0v) is 41.7. The minimum absolute atomic E-state index is 0.0284. The second-order valence-electron chi connectivity index (χ2n) is 16.6. The third-order valence-electron chi connectivity index (χ3n) is 12.1. The van der Waals surface area contributed by atoms with Crippen LogP contribution in [0.25, 0.3) is 0 Å². The van der Waals surface area contributed by atoms with Crippen LogP contribution in [0.15, 0.2) is 301 Å². The van der Waals surface area contributed by atoms with Crippen LogP contribution in [0.1, 0.15) is 31.8 Å². The number of benzene rings is 10. The lowest BCUT2D eigenvalue weighted by molar-refractivity contribution is -0.256. The Hall–Kier alpha value is -7.65. The highest BCUT2D eigenvalue weighted by molar-refractivity contribution is 7.99. The SMILES string of the molecule is O=C([O-])c1ccccc1Sc1ccccc1C(=O)[O-].c1ccc(C[P+](c2ccccc2)(c2ccccc2)c2ccccc2)cc1.c1ccc(C[P+](c2ccccc2)(c2ccccc2)c2ccccc2)cc1. The molecular weight excluding hydrogens is 927 g/mol.